The Morgan fingerprint density at radius 2 is 1.71 bits per heavy atom. The predicted molar refractivity (Wildman–Crippen MR) is 89.9 cm³/mol. The molecule has 2 aromatic carbocycles. The first-order chi connectivity index (χ1) is 11.2. The van der Waals surface area contributed by atoms with E-state index in [1.54, 1.807) is 19.9 Å². The summed E-state index contributed by atoms with van der Waals surface area (Å²) in [6.45, 7) is 7.31. The first kappa shape index (κ1) is 15.7. The summed E-state index contributed by atoms with van der Waals surface area (Å²) < 4.78 is 5.66. The Bertz CT molecular complexity index is 1060. The van der Waals surface area contributed by atoms with Crippen LogP contribution in [-0.2, 0) is 5.41 Å². The second-order valence-electron chi connectivity index (χ2n) is 6.16. The molecule has 0 atom stereocenters. The van der Waals surface area contributed by atoms with Gasteiger partial charge in [0.1, 0.15) is 11.0 Å². The number of fused-ring (bicyclic) bond motifs is 2. The zero-order valence-electron chi connectivity index (χ0n) is 13.1. The smallest absolute Gasteiger partial charge is 0.204 e. The van der Waals surface area contributed by atoms with Gasteiger partial charge in [0.2, 0.25) is 11.2 Å². The quantitative estimate of drug-likeness (QED) is 0.326. The topological polar surface area (TPSA) is 111 Å². The van der Waals surface area contributed by atoms with E-state index in [0.29, 0.717) is 5.56 Å². The van der Waals surface area contributed by atoms with Crippen LogP contribution in [0.3, 0.4) is 0 Å². The molecule has 6 heteroatoms. The van der Waals surface area contributed by atoms with Gasteiger partial charge in [-0.15, -0.1) is 6.58 Å². The zero-order valence-corrected chi connectivity index (χ0v) is 13.1. The summed E-state index contributed by atoms with van der Waals surface area (Å²) in [5.74, 6) is -2.06. The van der Waals surface area contributed by atoms with E-state index in [9.17, 15) is 25.2 Å². The number of hydrogen-bond donors (Lipinski definition) is 4. The molecule has 0 saturated carbocycles. The fourth-order valence-corrected chi connectivity index (χ4v) is 2.63. The van der Waals surface area contributed by atoms with Crippen molar-refractivity contribution in [2.24, 2.45) is 0 Å². The van der Waals surface area contributed by atoms with Crippen molar-refractivity contribution in [1.29, 1.82) is 0 Å². The third-order valence-corrected chi connectivity index (χ3v) is 4.22. The Kier molecular flexibility index (Phi) is 3.23. The lowest BCUT2D eigenvalue weighted by atomic mass is 9.83. The van der Waals surface area contributed by atoms with Crippen LogP contribution in [0.5, 0.6) is 23.0 Å². The van der Waals surface area contributed by atoms with Crippen molar-refractivity contribution in [2.45, 2.75) is 19.3 Å². The third-order valence-electron chi connectivity index (χ3n) is 4.22. The summed E-state index contributed by atoms with van der Waals surface area (Å²) in [4.78, 5) is 12.7. The minimum absolute atomic E-state index is 0.00796. The van der Waals surface area contributed by atoms with Crippen molar-refractivity contribution in [3.8, 4) is 23.0 Å². The molecule has 3 rings (SSSR count). The van der Waals surface area contributed by atoms with Gasteiger partial charge in [-0.2, -0.15) is 0 Å². The lowest BCUT2D eigenvalue weighted by Gasteiger charge is -2.22. The molecule has 0 saturated heterocycles. The summed E-state index contributed by atoms with van der Waals surface area (Å²) >= 11 is 0. The Labute approximate surface area is 136 Å². The van der Waals surface area contributed by atoms with Gasteiger partial charge in [0.05, 0.1) is 5.39 Å². The molecule has 0 bridgehead atoms. The highest BCUT2D eigenvalue weighted by Crippen LogP contribution is 2.42. The van der Waals surface area contributed by atoms with Crippen LogP contribution in [-0.4, -0.2) is 20.4 Å². The molecule has 24 heavy (non-hydrogen) atoms. The Morgan fingerprint density at radius 1 is 1.04 bits per heavy atom. The summed E-state index contributed by atoms with van der Waals surface area (Å²) in [5.41, 5.74) is -1.10. The number of hydrogen-bond acceptors (Lipinski definition) is 6. The maximum absolute atomic E-state index is 12.7. The third kappa shape index (κ3) is 2.00. The summed E-state index contributed by atoms with van der Waals surface area (Å²) in [5, 5.41) is 39.6. The molecule has 124 valence electrons. The van der Waals surface area contributed by atoms with Crippen molar-refractivity contribution in [3.05, 3.63) is 46.6 Å². The van der Waals surface area contributed by atoms with Crippen molar-refractivity contribution in [1.82, 2.24) is 0 Å². The van der Waals surface area contributed by atoms with E-state index in [1.165, 1.54) is 12.1 Å². The standard InChI is InChI=1S/C18H16O6/c1-4-18(2,3)9-7-11(20)14(22)12-13(21)8-5-6-10(19)15(23)16(8)24-17(9)12/h4-7,19-20,22-23H,1H2,2-3H3. The van der Waals surface area contributed by atoms with E-state index in [4.69, 9.17) is 4.42 Å². The van der Waals surface area contributed by atoms with Gasteiger partial charge in [-0.05, 0) is 18.2 Å². The van der Waals surface area contributed by atoms with E-state index < -0.39 is 33.8 Å². The fourth-order valence-electron chi connectivity index (χ4n) is 2.63. The normalized spacial score (nSPS) is 11.9. The molecule has 0 aliphatic rings. The number of phenols is 4. The van der Waals surface area contributed by atoms with Gasteiger partial charge in [0.25, 0.3) is 0 Å². The molecule has 0 radical (unpaired) electrons. The number of phenolic OH excluding ortho intramolecular Hbond substituents is 4. The summed E-state index contributed by atoms with van der Waals surface area (Å²) in [6.07, 6.45) is 1.60. The van der Waals surface area contributed by atoms with Gasteiger partial charge < -0.3 is 24.8 Å². The molecule has 6 nitrogen and oxygen atoms in total. The van der Waals surface area contributed by atoms with E-state index in [1.807, 2.05) is 0 Å². The minimum atomic E-state index is -0.695. The number of rotatable bonds is 2. The molecule has 1 aromatic heterocycles. The van der Waals surface area contributed by atoms with Gasteiger partial charge in [-0.1, -0.05) is 19.9 Å². The highest BCUT2D eigenvalue weighted by Gasteiger charge is 2.27. The van der Waals surface area contributed by atoms with Crippen LogP contribution in [0.1, 0.15) is 19.4 Å². The van der Waals surface area contributed by atoms with Crippen molar-refractivity contribution in [2.75, 3.05) is 0 Å². The average molecular weight is 328 g/mol. The minimum Gasteiger partial charge on any atom is -0.504 e. The Morgan fingerprint density at radius 3 is 2.33 bits per heavy atom. The second-order valence-corrected chi connectivity index (χ2v) is 6.16. The molecule has 0 amide bonds. The number of allylic oxidation sites excluding steroid dienone is 1. The van der Waals surface area contributed by atoms with Gasteiger partial charge in [-0.25, -0.2) is 0 Å². The van der Waals surface area contributed by atoms with Crippen LogP contribution in [0.25, 0.3) is 21.9 Å². The monoisotopic (exact) mass is 328 g/mol. The second kappa shape index (κ2) is 4.92. The molecule has 0 fully saturated rings. The Balaban J connectivity index is 2.66. The fraction of sp³-hybridized carbons (Fsp3) is 0.167. The SMILES string of the molecule is C=CC(C)(C)c1cc(O)c(O)c2c(=O)c3ccc(O)c(O)c3oc12. The highest BCUT2D eigenvalue weighted by atomic mass is 16.4. The van der Waals surface area contributed by atoms with Crippen molar-refractivity contribution in [3.63, 3.8) is 0 Å². The zero-order chi connectivity index (χ0) is 17.8. The van der Waals surface area contributed by atoms with Crippen LogP contribution < -0.4 is 5.43 Å². The van der Waals surface area contributed by atoms with Crippen LogP contribution in [0, 0.1) is 0 Å². The first-order valence-corrected chi connectivity index (χ1v) is 7.19. The maximum atomic E-state index is 12.7. The number of aromatic hydroxyl groups is 4. The molecule has 3 aromatic rings. The van der Waals surface area contributed by atoms with Gasteiger partial charge in [-0.3, -0.25) is 4.79 Å². The van der Waals surface area contributed by atoms with E-state index in [0.717, 1.165) is 6.07 Å². The molecular weight excluding hydrogens is 312 g/mol. The molecule has 0 aliphatic carbocycles. The van der Waals surface area contributed by atoms with Crippen molar-refractivity contribution < 1.29 is 24.8 Å². The first-order valence-electron chi connectivity index (χ1n) is 7.19. The predicted octanol–water partition coefficient (Wildman–Crippen LogP) is 3.23. The molecule has 4 N–H and O–H groups in total. The van der Waals surface area contributed by atoms with Gasteiger partial charge in [0.15, 0.2) is 22.8 Å². The molecule has 0 spiro atoms. The lowest BCUT2D eigenvalue weighted by Crippen LogP contribution is -2.15. The summed E-state index contributed by atoms with van der Waals surface area (Å²) in [6, 6.07) is 3.71. The molecule has 0 aliphatic heterocycles. The summed E-state index contributed by atoms with van der Waals surface area (Å²) in [7, 11) is 0. The van der Waals surface area contributed by atoms with Crippen LogP contribution in [0.4, 0.5) is 0 Å². The average Bonchev–Trinajstić information content (AvgIpc) is 2.54. The molecule has 0 unspecified atom stereocenters. The highest BCUT2D eigenvalue weighted by molar-refractivity contribution is 5.98. The van der Waals surface area contributed by atoms with E-state index in [2.05, 4.69) is 6.58 Å². The largest absolute Gasteiger partial charge is 0.504 e. The number of benzene rings is 2. The lowest BCUT2D eigenvalue weighted by molar-refractivity contribution is 0.399. The van der Waals surface area contributed by atoms with E-state index in [-0.39, 0.29) is 21.9 Å². The Hall–Kier alpha value is -3.15. The van der Waals surface area contributed by atoms with E-state index >= 15 is 0 Å². The van der Waals surface area contributed by atoms with Crippen LogP contribution in [0.2, 0.25) is 0 Å². The van der Waals surface area contributed by atoms with Crippen LogP contribution >= 0.6 is 0 Å². The molecule has 1 heterocycles. The van der Waals surface area contributed by atoms with Crippen LogP contribution in [0.15, 0.2) is 40.1 Å². The maximum Gasteiger partial charge on any atom is 0.204 e. The van der Waals surface area contributed by atoms with Gasteiger partial charge >= 0.3 is 0 Å². The van der Waals surface area contributed by atoms with Gasteiger partial charge in [0, 0.05) is 11.0 Å². The molecular formula is C18H16O6. The van der Waals surface area contributed by atoms with Crippen molar-refractivity contribution >= 4 is 21.9 Å².